The molecule has 2 heterocycles. The summed E-state index contributed by atoms with van der Waals surface area (Å²) >= 11 is 0. The summed E-state index contributed by atoms with van der Waals surface area (Å²) in [5.74, 6) is 0.0755. The van der Waals surface area contributed by atoms with Crippen LogP contribution in [0.15, 0.2) is 0 Å². The van der Waals surface area contributed by atoms with E-state index in [0.29, 0.717) is 12.2 Å². The number of aryl methyl sites for hydroxylation is 1. The Morgan fingerprint density at radius 3 is 3.00 bits per heavy atom. The SMILES string of the molecule is CC1(CN)CCN(C(=O)c2n[nH]c3c2CCC3)C1.Cl. The molecular weight excluding hydrogens is 264 g/mol. The summed E-state index contributed by atoms with van der Waals surface area (Å²) in [4.78, 5) is 14.4. The van der Waals surface area contributed by atoms with Crippen molar-refractivity contribution in [2.45, 2.75) is 32.6 Å². The molecule has 0 spiro atoms. The first-order chi connectivity index (χ1) is 8.63. The van der Waals surface area contributed by atoms with E-state index < -0.39 is 0 Å². The number of halogens is 1. The quantitative estimate of drug-likeness (QED) is 0.855. The third-order valence-corrected chi connectivity index (χ3v) is 4.35. The maximum atomic E-state index is 12.5. The number of carbonyl (C=O) groups excluding carboxylic acids is 1. The standard InChI is InChI=1S/C13H20N4O.ClH/c1-13(7-14)5-6-17(8-13)12(18)11-9-3-2-4-10(9)15-16-11;/h2-8,14H2,1H3,(H,15,16);1H. The maximum absolute atomic E-state index is 12.5. The smallest absolute Gasteiger partial charge is 0.274 e. The van der Waals surface area contributed by atoms with E-state index >= 15 is 0 Å². The van der Waals surface area contributed by atoms with Crippen molar-refractivity contribution in [3.8, 4) is 0 Å². The first kappa shape index (κ1) is 14.3. The van der Waals surface area contributed by atoms with Crippen LogP contribution in [0.1, 0.15) is 41.5 Å². The molecule has 5 nitrogen and oxygen atoms in total. The van der Waals surface area contributed by atoms with E-state index in [-0.39, 0.29) is 23.7 Å². The highest BCUT2D eigenvalue weighted by atomic mass is 35.5. The fourth-order valence-corrected chi connectivity index (χ4v) is 3.01. The molecule has 1 fully saturated rings. The third-order valence-electron chi connectivity index (χ3n) is 4.35. The molecule has 0 saturated carbocycles. The molecule has 1 aromatic heterocycles. The first-order valence-electron chi connectivity index (χ1n) is 6.68. The van der Waals surface area contributed by atoms with Crippen molar-refractivity contribution >= 4 is 18.3 Å². The van der Waals surface area contributed by atoms with E-state index in [2.05, 4.69) is 17.1 Å². The Labute approximate surface area is 119 Å². The lowest BCUT2D eigenvalue weighted by Gasteiger charge is -2.22. The summed E-state index contributed by atoms with van der Waals surface area (Å²) in [6.07, 6.45) is 4.12. The minimum Gasteiger partial charge on any atom is -0.337 e. The number of H-pyrrole nitrogens is 1. The van der Waals surface area contributed by atoms with Crippen LogP contribution in [-0.4, -0.2) is 40.6 Å². The number of carbonyl (C=O) groups is 1. The van der Waals surface area contributed by atoms with Gasteiger partial charge < -0.3 is 10.6 Å². The van der Waals surface area contributed by atoms with E-state index in [9.17, 15) is 4.79 Å². The van der Waals surface area contributed by atoms with Crippen LogP contribution in [0.25, 0.3) is 0 Å². The number of nitrogens with two attached hydrogens (primary N) is 1. The third kappa shape index (κ3) is 2.37. The van der Waals surface area contributed by atoms with Crippen LogP contribution in [-0.2, 0) is 12.8 Å². The summed E-state index contributed by atoms with van der Waals surface area (Å²) in [7, 11) is 0. The van der Waals surface area contributed by atoms with Crippen molar-refractivity contribution in [1.82, 2.24) is 15.1 Å². The normalized spacial score (nSPS) is 25.3. The van der Waals surface area contributed by atoms with E-state index in [4.69, 9.17) is 5.73 Å². The highest BCUT2D eigenvalue weighted by Gasteiger charge is 2.37. The van der Waals surface area contributed by atoms with Crippen LogP contribution in [0, 0.1) is 5.41 Å². The number of nitrogens with one attached hydrogen (secondary N) is 1. The molecule has 106 valence electrons. The van der Waals surface area contributed by atoms with Crippen molar-refractivity contribution in [2.75, 3.05) is 19.6 Å². The van der Waals surface area contributed by atoms with Gasteiger partial charge in [0.25, 0.3) is 5.91 Å². The summed E-state index contributed by atoms with van der Waals surface area (Å²) in [5, 5.41) is 7.21. The van der Waals surface area contributed by atoms with E-state index in [1.165, 1.54) is 0 Å². The molecule has 1 aliphatic heterocycles. The molecule has 1 aliphatic carbocycles. The zero-order valence-electron chi connectivity index (χ0n) is 11.2. The number of amides is 1. The highest BCUT2D eigenvalue weighted by Crippen LogP contribution is 2.31. The van der Waals surface area contributed by atoms with Crippen molar-refractivity contribution in [3.05, 3.63) is 17.0 Å². The number of rotatable bonds is 2. The number of nitrogens with zero attached hydrogens (tertiary/aromatic N) is 2. The molecule has 3 N–H and O–H groups in total. The predicted octanol–water partition coefficient (Wildman–Crippen LogP) is 1.13. The fraction of sp³-hybridized carbons (Fsp3) is 0.692. The Bertz CT molecular complexity index is 487. The molecule has 1 atom stereocenters. The number of fused-ring (bicyclic) bond motifs is 1. The van der Waals surface area contributed by atoms with Gasteiger partial charge in [0.2, 0.25) is 0 Å². The average molecular weight is 285 g/mol. The van der Waals surface area contributed by atoms with Crippen molar-refractivity contribution in [2.24, 2.45) is 11.1 Å². The molecule has 1 aromatic rings. The fourth-order valence-electron chi connectivity index (χ4n) is 3.01. The van der Waals surface area contributed by atoms with Gasteiger partial charge in [-0.15, -0.1) is 12.4 Å². The van der Waals surface area contributed by atoms with Crippen LogP contribution < -0.4 is 5.73 Å². The number of aromatic nitrogens is 2. The summed E-state index contributed by atoms with van der Waals surface area (Å²) in [5.41, 5.74) is 8.79. The molecule has 3 rings (SSSR count). The van der Waals surface area contributed by atoms with Gasteiger partial charge in [0.1, 0.15) is 0 Å². The van der Waals surface area contributed by atoms with Gasteiger partial charge in [-0.2, -0.15) is 5.10 Å². The van der Waals surface area contributed by atoms with Gasteiger partial charge in [-0.3, -0.25) is 9.89 Å². The lowest BCUT2D eigenvalue weighted by molar-refractivity contribution is 0.0770. The Morgan fingerprint density at radius 1 is 1.53 bits per heavy atom. The topological polar surface area (TPSA) is 75.0 Å². The second-order valence-electron chi connectivity index (χ2n) is 5.87. The van der Waals surface area contributed by atoms with Gasteiger partial charge in [-0.1, -0.05) is 6.92 Å². The van der Waals surface area contributed by atoms with E-state index in [0.717, 1.165) is 50.0 Å². The molecule has 0 radical (unpaired) electrons. The Balaban J connectivity index is 0.00000133. The van der Waals surface area contributed by atoms with Crippen molar-refractivity contribution in [1.29, 1.82) is 0 Å². The van der Waals surface area contributed by atoms with Crippen LogP contribution in [0.2, 0.25) is 0 Å². The largest absolute Gasteiger partial charge is 0.337 e. The summed E-state index contributed by atoms with van der Waals surface area (Å²) in [6.45, 7) is 4.34. The lowest BCUT2D eigenvalue weighted by Crippen LogP contribution is -2.35. The lowest BCUT2D eigenvalue weighted by atomic mass is 9.90. The average Bonchev–Trinajstić information content (AvgIpc) is 3.02. The van der Waals surface area contributed by atoms with E-state index in [1.807, 2.05) is 4.90 Å². The minimum atomic E-state index is 0. The summed E-state index contributed by atoms with van der Waals surface area (Å²) < 4.78 is 0. The van der Waals surface area contributed by atoms with Gasteiger partial charge in [0.05, 0.1) is 0 Å². The summed E-state index contributed by atoms with van der Waals surface area (Å²) in [6, 6.07) is 0. The number of hydrogen-bond acceptors (Lipinski definition) is 3. The molecule has 1 amide bonds. The zero-order valence-corrected chi connectivity index (χ0v) is 12.1. The van der Waals surface area contributed by atoms with Crippen LogP contribution in [0.5, 0.6) is 0 Å². The van der Waals surface area contributed by atoms with Gasteiger partial charge in [-0.25, -0.2) is 0 Å². The Morgan fingerprint density at radius 2 is 2.32 bits per heavy atom. The monoisotopic (exact) mass is 284 g/mol. The molecule has 0 aromatic carbocycles. The van der Waals surface area contributed by atoms with Gasteiger partial charge in [0, 0.05) is 24.3 Å². The zero-order chi connectivity index (χ0) is 12.8. The molecule has 6 heteroatoms. The van der Waals surface area contributed by atoms with Gasteiger partial charge >= 0.3 is 0 Å². The van der Waals surface area contributed by atoms with E-state index in [1.54, 1.807) is 0 Å². The maximum Gasteiger partial charge on any atom is 0.274 e. The minimum absolute atomic E-state index is 0. The second kappa shape index (κ2) is 5.13. The van der Waals surface area contributed by atoms with Crippen LogP contribution >= 0.6 is 12.4 Å². The van der Waals surface area contributed by atoms with Gasteiger partial charge in [-0.05, 0) is 37.6 Å². The Hall–Kier alpha value is -1.07. The first-order valence-corrected chi connectivity index (χ1v) is 6.68. The number of hydrogen-bond donors (Lipinski definition) is 2. The highest BCUT2D eigenvalue weighted by molar-refractivity contribution is 5.94. The van der Waals surface area contributed by atoms with Crippen molar-refractivity contribution in [3.63, 3.8) is 0 Å². The van der Waals surface area contributed by atoms with Crippen molar-refractivity contribution < 1.29 is 4.79 Å². The predicted molar refractivity (Wildman–Crippen MR) is 75.5 cm³/mol. The van der Waals surface area contributed by atoms with Crippen LogP contribution in [0.4, 0.5) is 0 Å². The number of aromatic amines is 1. The molecule has 1 unspecified atom stereocenters. The number of likely N-dealkylation sites (tertiary alicyclic amines) is 1. The van der Waals surface area contributed by atoms with Crippen LogP contribution in [0.3, 0.4) is 0 Å². The molecule has 1 saturated heterocycles. The second-order valence-corrected chi connectivity index (χ2v) is 5.87. The molecular formula is C13H21ClN4O. The Kier molecular flexibility index (Phi) is 3.87. The van der Waals surface area contributed by atoms with Gasteiger partial charge in [0.15, 0.2) is 5.69 Å². The molecule has 2 aliphatic rings. The molecule has 19 heavy (non-hydrogen) atoms. The molecule has 0 bridgehead atoms.